The molecule has 6 nitrogen and oxygen atoms in total. The third-order valence-electron chi connectivity index (χ3n) is 5.79. The monoisotopic (exact) mass is 448 g/mol. The van der Waals surface area contributed by atoms with Crippen LogP contribution in [0.5, 0.6) is 0 Å². The third-order valence-corrected chi connectivity index (χ3v) is 5.79. The van der Waals surface area contributed by atoms with E-state index in [1.807, 2.05) is 0 Å². The summed E-state index contributed by atoms with van der Waals surface area (Å²) in [6.45, 7) is 3.43. The van der Waals surface area contributed by atoms with E-state index in [0.717, 1.165) is 31.4 Å². The zero-order valence-corrected chi connectivity index (χ0v) is 19.5. The number of carbonyl (C=O) groups excluding carboxylic acids is 1. The van der Waals surface area contributed by atoms with Crippen molar-refractivity contribution >= 4 is 18.3 Å². The number of hydrogen-bond donors (Lipinski definition) is 2. The Bertz CT molecular complexity index is 757. The lowest BCUT2D eigenvalue weighted by molar-refractivity contribution is -0.123. The van der Waals surface area contributed by atoms with Crippen LogP contribution in [0.2, 0.25) is 0 Å². The smallest absolute Gasteiger partial charge is 0.246 e. The first-order chi connectivity index (χ1) is 14.8. The number of benzene rings is 1. The summed E-state index contributed by atoms with van der Waals surface area (Å²) in [5.41, 5.74) is 2.29. The van der Waals surface area contributed by atoms with Crippen LogP contribution >= 0.6 is 12.4 Å². The van der Waals surface area contributed by atoms with Crippen LogP contribution in [0.4, 0.5) is 0 Å². The summed E-state index contributed by atoms with van der Waals surface area (Å²) in [5.74, 6) is 0.994. The minimum atomic E-state index is -0.0963. The molecule has 7 heteroatoms. The Hall–Kier alpha value is -1.92. The standard InChI is InChI=1S/C24H36N4O2.ClH/c1-2-3-4-5-6-7-8-9-11-19-13-15-20(16-14-19)23-27-22(30-28-23)18-26-24(29)21-12-10-17-25-21;/h13-16,21,25H,2-12,17-18H2,1H3,(H,26,29);1H/t21-;/m0./s1. The summed E-state index contributed by atoms with van der Waals surface area (Å²) in [6.07, 6.45) is 13.8. The van der Waals surface area contributed by atoms with Crippen LogP contribution in [0.25, 0.3) is 11.4 Å². The van der Waals surface area contributed by atoms with Crippen LogP contribution in [0.1, 0.15) is 82.6 Å². The lowest BCUT2D eigenvalue weighted by atomic mass is 10.0. The molecule has 2 aromatic rings. The van der Waals surface area contributed by atoms with Crippen molar-refractivity contribution in [3.8, 4) is 11.4 Å². The molecular formula is C24H37ClN4O2. The zero-order valence-electron chi connectivity index (χ0n) is 18.7. The minimum absolute atomic E-state index is 0. The van der Waals surface area contributed by atoms with Crippen LogP contribution in [0.15, 0.2) is 28.8 Å². The molecule has 1 aromatic heterocycles. The van der Waals surface area contributed by atoms with Gasteiger partial charge in [0.05, 0.1) is 12.6 Å². The van der Waals surface area contributed by atoms with Gasteiger partial charge >= 0.3 is 0 Å². The van der Waals surface area contributed by atoms with Crippen molar-refractivity contribution in [1.82, 2.24) is 20.8 Å². The van der Waals surface area contributed by atoms with E-state index in [4.69, 9.17) is 4.52 Å². The number of rotatable bonds is 13. The molecule has 1 aromatic carbocycles. The Kier molecular flexibility index (Phi) is 11.6. The van der Waals surface area contributed by atoms with Gasteiger partial charge in [0.1, 0.15) is 0 Å². The van der Waals surface area contributed by atoms with E-state index in [9.17, 15) is 4.79 Å². The van der Waals surface area contributed by atoms with E-state index in [0.29, 0.717) is 11.7 Å². The molecule has 0 unspecified atom stereocenters. The van der Waals surface area contributed by atoms with Crippen LogP contribution in [-0.2, 0) is 17.8 Å². The Morgan fingerprint density at radius 3 is 2.48 bits per heavy atom. The molecule has 172 valence electrons. The lowest BCUT2D eigenvalue weighted by Gasteiger charge is -2.08. The summed E-state index contributed by atoms with van der Waals surface area (Å²) in [6, 6.07) is 8.31. The zero-order chi connectivity index (χ0) is 21.0. The quantitative estimate of drug-likeness (QED) is 0.411. The molecule has 1 amide bonds. The second-order valence-electron chi connectivity index (χ2n) is 8.30. The van der Waals surface area contributed by atoms with Crippen LogP contribution < -0.4 is 10.6 Å². The number of hydrogen-bond acceptors (Lipinski definition) is 5. The number of nitrogens with one attached hydrogen (secondary N) is 2. The predicted octanol–water partition coefficient (Wildman–Crippen LogP) is 5.21. The van der Waals surface area contributed by atoms with Crippen molar-refractivity contribution in [2.45, 2.75) is 90.1 Å². The second-order valence-corrected chi connectivity index (χ2v) is 8.30. The molecule has 31 heavy (non-hydrogen) atoms. The number of aryl methyl sites for hydroxylation is 1. The molecule has 1 aliphatic rings. The average Bonchev–Trinajstić information content (AvgIpc) is 3.47. The van der Waals surface area contributed by atoms with Crippen LogP contribution in [0.3, 0.4) is 0 Å². The Labute approximate surface area is 192 Å². The van der Waals surface area contributed by atoms with E-state index >= 15 is 0 Å². The first-order valence-electron chi connectivity index (χ1n) is 11.7. The number of unbranched alkanes of at least 4 members (excludes halogenated alkanes) is 7. The molecule has 0 spiro atoms. The Morgan fingerprint density at radius 1 is 1.10 bits per heavy atom. The molecular weight excluding hydrogens is 412 g/mol. The highest BCUT2D eigenvalue weighted by atomic mass is 35.5. The molecule has 1 saturated heterocycles. The van der Waals surface area contributed by atoms with Gasteiger partial charge in [-0.05, 0) is 37.8 Å². The maximum Gasteiger partial charge on any atom is 0.246 e. The first-order valence-corrected chi connectivity index (χ1v) is 11.7. The molecule has 0 aliphatic carbocycles. The summed E-state index contributed by atoms with van der Waals surface area (Å²) in [7, 11) is 0. The van der Waals surface area contributed by atoms with Crippen molar-refractivity contribution in [3.63, 3.8) is 0 Å². The van der Waals surface area contributed by atoms with E-state index in [-0.39, 0.29) is 30.9 Å². The van der Waals surface area contributed by atoms with Gasteiger partial charge in [-0.1, -0.05) is 81.3 Å². The number of nitrogens with zero attached hydrogens (tertiary/aromatic N) is 2. The summed E-state index contributed by atoms with van der Waals surface area (Å²) < 4.78 is 5.29. The maximum atomic E-state index is 12.1. The molecule has 0 bridgehead atoms. The topological polar surface area (TPSA) is 80.0 Å². The van der Waals surface area contributed by atoms with Crippen molar-refractivity contribution in [3.05, 3.63) is 35.7 Å². The molecule has 0 saturated carbocycles. The van der Waals surface area contributed by atoms with E-state index in [1.54, 1.807) is 0 Å². The first kappa shape index (κ1) is 25.3. The van der Waals surface area contributed by atoms with Gasteiger partial charge in [-0.2, -0.15) is 4.98 Å². The maximum absolute atomic E-state index is 12.1. The number of aromatic nitrogens is 2. The number of amides is 1. The summed E-state index contributed by atoms with van der Waals surface area (Å²) in [4.78, 5) is 16.5. The molecule has 2 N–H and O–H groups in total. The molecule has 1 aliphatic heterocycles. The summed E-state index contributed by atoms with van der Waals surface area (Å²) in [5, 5.41) is 10.1. The normalized spacial score (nSPS) is 15.6. The van der Waals surface area contributed by atoms with Crippen molar-refractivity contribution in [1.29, 1.82) is 0 Å². The van der Waals surface area contributed by atoms with Gasteiger partial charge in [-0.25, -0.2) is 0 Å². The molecule has 3 rings (SSSR count). The van der Waals surface area contributed by atoms with E-state index in [1.165, 1.54) is 56.9 Å². The van der Waals surface area contributed by atoms with Crippen molar-refractivity contribution in [2.75, 3.05) is 6.54 Å². The number of carbonyl (C=O) groups is 1. The average molecular weight is 449 g/mol. The van der Waals surface area contributed by atoms with E-state index < -0.39 is 0 Å². The van der Waals surface area contributed by atoms with Crippen LogP contribution in [-0.4, -0.2) is 28.6 Å². The van der Waals surface area contributed by atoms with Gasteiger partial charge in [0, 0.05) is 5.56 Å². The van der Waals surface area contributed by atoms with Gasteiger partial charge in [0.25, 0.3) is 0 Å². The highest BCUT2D eigenvalue weighted by molar-refractivity contribution is 5.85. The highest BCUT2D eigenvalue weighted by Gasteiger charge is 2.22. The van der Waals surface area contributed by atoms with Crippen LogP contribution in [0, 0.1) is 0 Å². The van der Waals surface area contributed by atoms with Gasteiger partial charge < -0.3 is 15.2 Å². The molecule has 2 heterocycles. The largest absolute Gasteiger partial charge is 0.346 e. The predicted molar refractivity (Wildman–Crippen MR) is 126 cm³/mol. The fourth-order valence-electron chi connectivity index (χ4n) is 3.92. The third kappa shape index (κ3) is 8.62. The lowest BCUT2D eigenvalue weighted by Crippen LogP contribution is -2.40. The second kappa shape index (κ2) is 14.2. The fourth-order valence-corrected chi connectivity index (χ4v) is 3.92. The molecule has 1 fully saturated rings. The van der Waals surface area contributed by atoms with Crippen molar-refractivity contribution in [2.24, 2.45) is 0 Å². The van der Waals surface area contributed by atoms with E-state index in [2.05, 4.69) is 52.0 Å². The Morgan fingerprint density at radius 2 is 1.81 bits per heavy atom. The highest BCUT2D eigenvalue weighted by Crippen LogP contribution is 2.18. The van der Waals surface area contributed by atoms with Gasteiger partial charge in [0.2, 0.25) is 17.6 Å². The van der Waals surface area contributed by atoms with Gasteiger partial charge in [-0.15, -0.1) is 12.4 Å². The molecule has 1 atom stereocenters. The molecule has 0 radical (unpaired) electrons. The minimum Gasteiger partial charge on any atom is -0.346 e. The Balaban J connectivity index is 0.00000341. The SMILES string of the molecule is CCCCCCCCCCc1ccc(-c2noc(CNC(=O)[C@@H]3CCCN3)n2)cc1.Cl. The van der Waals surface area contributed by atoms with Crippen molar-refractivity contribution < 1.29 is 9.32 Å². The van der Waals surface area contributed by atoms with Gasteiger partial charge in [-0.3, -0.25) is 4.79 Å². The fraction of sp³-hybridized carbons (Fsp3) is 0.625. The summed E-state index contributed by atoms with van der Waals surface area (Å²) >= 11 is 0. The van der Waals surface area contributed by atoms with Gasteiger partial charge in [0.15, 0.2) is 0 Å². The number of halogens is 1.